The third-order valence-electron chi connectivity index (χ3n) is 5.37. The first-order valence-corrected chi connectivity index (χ1v) is 11.9. The molecule has 0 bridgehead atoms. The van der Waals surface area contributed by atoms with Crippen molar-refractivity contribution in [1.82, 2.24) is 15.0 Å². The van der Waals surface area contributed by atoms with E-state index in [2.05, 4.69) is 10.3 Å². The number of rotatable bonds is 7. The third kappa shape index (κ3) is 5.39. The first kappa shape index (κ1) is 25.3. The molecule has 1 aliphatic heterocycles. The Morgan fingerprint density at radius 3 is 2.65 bits per heavy atom. The lowest BCUT2D eigenvalue weighted by Gasteiger charge is -2.41. The number of nitrogens with zero attached hydrogens (tertiary/aromatic N) is 3. The smallest absolute Gasteiger partial charge is 0.136 e. The summed E-state index contributed by atoms with van der Waals surface area (Å²) in [6.07, 6.45) is -1.99. The van der Waals surface area contributed by atoms with Crippen molar-refractivity contribution in [3.8, 4) is 11.3 Å². The molecule has 0 aliphatic carbocycles. The van der Waals surface area contributed by atoms with Crippen molar-refractivity contribution in [2.24, 2.45) is 0 Å². The van der Waals surface area contributed by atoms with E-state index in [0.717, 1.165) is 0 Å². The maximum absolute atomic E-state index is 14.1. The first-order valence-electron chi connectivity index (χ1n) is 10.3. The van der Waals surface area contributed by atoms with E-state index in [1.54, 1.807) is 24.3 Å². The third-order valence-corrected chi connectivity index (χ3v) is 7.26. The van der Waals surface area contributed by atoms with Crippen LogP contribution in [0.1, 0.15) is 11.6 Å². The fourth-order valence-corrected chi connectivity index (χ4v) is 5.23. The largest absolute Gasteiger partial charge is 0.394 e. The molecule has 12 heteroatoms. The second kappa shape index (κ2) is 10.9. The molecule has 2 aromatic carbocycles. The monoisotopic (exact) mass is 529 g/mol. The maximum Gasteiger partial charge on any atom is 0.136 e. The number of ether oxygens (including phenoxy) is 2. The molecule has 4 rings (SSSR count). The highest BCUT2D eigenvalue weighted by molar-refractivity contribution is 7.99. The molecule has 1 aromatic heterocycles. The van der Waals surface area contributed by atoms with Crippen LogP contribution in [-0.2, 0) is 16.1 Å². The second-order valence-corrected chi connectivity index (χ2v) is 9.74. The molecule has 5 atom stereocenters. The van der Waals surface area contributed by atoms with Crippen LogP contribution in [0.2, 0.25) is 10.0 Å². The molecule has 0 amide bonds. The van der Waals surface area contributed by atoms with E-state index in [0.29, 0.717) is 31.8 Å². The van der Waals surface area contributed by atoms with Crippen molar-refractivity contribution in [2.45, 2.75) is 41.3 Å². The highest BCUT2D eigenvalue weighted by Crippen LogP contribution is 2.39. The van der Waals surface area contributed by atoms with Gasteiger partial charge in [0.1, 0.15) is 41.3 Å². The van der Waals surface area contributed by atoms with Crippen LogP contribution >= 0.6 is 35.0 Å². The first-order chi connectivity index (χ1) is 16.3. The summed E-state index contributed by atoms with van der Waals surface area (Å²) in [5.41, 5.74) is 0.571. The Morgan fingerprint density at radius 1 is 1.15 bits per heavy atom. The van der Waals surface area contributed by atoms with Gasteiger partial charge < -0.3 is 24.8 Å². The molecule has 0 radical (unpaired) electrons. The number of aromatic nitrogens is 3. The summed E-state index contributed by atoms with van der Waals surface area (Å²) in [5.74, 6) is -0.455. The van der Waals surface area contributed by atoms with Gasteiger partial charge in [-0.05, 0) is 42.0 Å². The summed E-state index contributed by atoms with van der Waals surface area (Å²) in [7, 11) is 1.51. The number of benzene rings is 2. The van der Waals surface area contributed by atoms with Gasteiger partial charge in [-0.1, -0.05) is 40.2 Å². The van der Waals surface area contributed by atoms with Gasteiger partial charge in [0.05, 0.1) is 29.5 Å². The van der Waals surface area contributed by atoms with Crippen LogP contribution in [0.25, 0.3) is 11.3 Å². The lowest BCUT2D eigenvalue weighted by atomic mass is 9.97. The summed E-state index contributed by atoms with van der Waals surface area (Å²) < 4.78 is 26.2. The molecule has 182 valence electrons. The average Bonchev–Trinajstić information content (AvgIpc) is 3.28. The molecular formula is C22H22Cl2FN3O5S. The zero-order chi connectivity index (χ0) is 24.4. The van der Waals surface area contributed by atoms with Crippen molar-refractivity contribution in [3.63, 3.8) is 0 Å². The zero-order valence-corrected chi connectivity index (χ0v) is 20.2. The number of thioether (sulfide) groups is 1. The van der Waals surface area contributed by atoms with E-state index < -0.39 is 42.2 Å². The fourth-order valence-electron chi connectivity index (χ4n) is 3.76. The lowest BCUT2D eigenvalue weighted by Crippen LogP contribution is -2.55. The van der Waals surface area contributed by atoms with E-state index in [4.69, 9.17) is 32.7 Å². The highest BCUT2D eigenvalue weighted by Gasteiger charge is 2.46. The van der Waals surface area contributed by atoms with Crippen LogP contribution in [0.4, 0.5) is 4.39 Å². The van der Waals surface area contributed by atoms with Gasteiger partial charge in [-0.15, -0.1) is 5.10 Å². The number of aliphatic hydroxyl groups is 3. The van der Waals surface area contributed by atoms with Crippen LogP contribution < -0.4 is 0 Å². The zero-order valence-electron chi connectivity index (χ0n) is 17.9. The molecule has 8 nitrogen and oxygen atoms in total. The van der Waals surface area contributed by atoms with Crippen molar-refractivity contribution in [3.05, 3.63) is 64.0 Å². The number of methoxy groups -OCH3 is 1. The number of hydrogen-bond donors (Lipinski definition) is 3. The van der Waals surface area contributed by atoms with Crippen LogP contribution in [0.5, 0.6) is 0 Å². The molecule has 0 spiro atoms. The predicted molar refractivity (Wildman–Crippen MR) is 125 cm³/mol. The number of aliphatic hydroxyl groups excluding tert-OH is 3. The Hall–Kier alpha value is -1.76. The Labute approximate surface area is 209 Å². The number of halogens is 3. The average molecular weight is 530 g/mol. The molecule has 3 N–H and O–H groups in total. The molecule has 1 aliphatic rings. The fraction of sp³-hybridized carbons (Fsp3) is 0.364. The van der Waals surface area contributed by atoms with E-state index in [9.17, 15) is 19.7 Å². The van der Waals surface area contributed by atoms with Gasteiger partial charge in [0.25, 0.3) is 0 Å². The summed E-state index contributed by atoms with van der Waals surface area (Å²) in [6.45, 7) is -0.253. The highest BCUT2D eigenvalue weighted by atomic mass is 35.5. The molecule has 0 unspecified atom stereocenters. The minimum absolute atomic E-state index is 0.224. The molecule has 1 saturated heterocycles. The van der Waals surface area contributed by atoms with Crippen LogP contribution in [0, 0.1) is 5.82 Å². The van der Waals surface area contributed by atoms with E-state index >= 15 is 0 Å². The summed E-state index contributed by atoms with van der Waals surface area (Å²) in [6, 6.07) is 8.38. The molecule has 1 fully saturated rings. The van der Waals surface area contributed by atoms with Gasteiger partial charge in [-0.3, -0.25) is 0 Å². The lowest BCUT2D eigenvalue weighted by molar-refractivity contribution is -0.178. The normalized spacial score (nSPS) is 25.0. The van der Waals surface area contributed by atoms with E-state index in [1.807, 2.05) is 0 Å². The summed E-state index contributed by atoms with van der Waals surface area (Å²) in [4.78, 5) is 0.676. The number of hydrogen-bond acceptors (Lipinski definition) is 8. The quantitative estimate of drug-likeness (QED) is 0.427. The summed E-state index contributed by atoms with van der Waals surface area (Å²) in [5, 5.41) is 40.5. The van der Waals surface area contributed by atoms with Gasteiger partial charge in [0, 0.05) is 17.6 Å². The van der Waals surface area contributed by atoms with Gasteiger partial charge in [-0.25, -0.2) is 9.07 Å². The minimum Gasteiger partial charge on any atom is -0.394 e. The molecule has 34 heavy (non-hydrogen) atoms. The Morgan fingerprint density at radius 2 is 1.94 bits per heavy atom. The van der Waals surface area contributed by atoms with Crippen molar-refractivity contribution in [2.75, 3.05) is 13.7 Å². The standard InChI is InChI=1S/C22H22Cl2FN3O5S/c1-32-10-11-4-12(6-13(25)5-11)17-8-28(27-26-17)19-20(30)18(9-29)33-22(21(19)31)34-14-2-3-15(23)16(24)7-14/h2-8,18-22,29-31H,9-10H2,1H3/t18-,19+,20+,21-,22+/m1/s1. The Bertz CT molecular complexity index is 1150. The van der Waals surface area contributed by atoms with Crippen LogP contribution in [0.15, 0.2) is 47.5 Å². The van der Waals surface area contributed by atoms with Crippen LogP contribution in [-0.4, -0.2) is 67.8 Å². The summed E-state index contributed by atoms with van der Waals surface area (Å²) >= 11 is 13.2. The molecule has 0 saturated carbocycles. The van der Waals surface area contributed by atoms with Gasteiger partial charge in [0.2, 0.25) is 0 Å². The second-order valence-electron chi connectivity index (χ2n) is 7.76. The van der Waals surface area contributed by atoms with Crippen molar-refractivity contribution < 1.29 is 29.2 Å². The molecular weight excluding hydrogens is 508 g/mol. The minimum atomic E-state index is -1.28. The maximum atomic E-state index is 14.1. The molecule has 2 heterocycles. The van der Waals surface area contributed by atoms with E-state index in [-0.39, 0.29) is 6.61 Å². The van der Waals surface area contributed by atoms with Gasteiger partial charge in [0.15, 0.2) is 0 Å². The van der Waals surface area contributed by atoms with Crippen LogP contribution in [0.3, 0.4) is 0 Å². The van der Waals surface area contributed by atoms with E-state index in [1.165, 1.54) is 41.9 Å². The SMILES string of the molecule is COCc1cc(F)cc(-c2cn([C@H]3[C@@H](O)[C@@H](CO)O[C@@H](Sc4ccc(Cl)c(Cl)c4)[C@@H]3O)nn2)c1. The Kier molecular flexibility index (Phi) is 8.11. The molecule has 3 aromatic rings. The van der Waals surface area contributed by atoms with Crippen molar-refractivity contribution in [1.29, 1.82) is 0 Å². The predicted octanol–water partition coefficient (Wildman–Crippen LogP) is 3.31. The Balaban J connectivity index is 1.62. The van der Waals surface area contributed by atoms with Gasteiger partial charge >= 0.3 is 0 Å². The van der Waals surface area contributed by atoms with Gasteiger partial charge in [-0.2, -0.15) is 0 Å². The van der Waals surface area contributed by atoms with Crippen molar-refractivity contribution >= 4 is 35.0 Å². The topological polar surface area (TPSA) is 110 Å².